The third-order valence-electron chi connectivity index (χ3n) is 5.51. The molecule has 1 fully saturated rings. The molecule has 0 bridgehead atoms. The Bertz CT molecular complexity index is 803. The van der Waals surface area contributed by atoms with Gasteiger partial charge in [0.25, 0.3) is 0 Å². The number of hydrogen-bond donors (Lipinski definition) is 0. The number of nitrogens with zero attached hydrogens (tertiary/aromatic N) is 4. The van der Waals surface area contributed by atoms with Crippen LogP contribution in [0.1, 0.15) is 31.4 Å². The summed E-state index contributed by atoms with van der Waals surface area (Å²) in [4.78, 5) is 38.2. The van der Waals surface area contributed by atoms with Gasteiger partial charge in [-0.3, -0.25) is 19.6 Å². The number of rotatable bonds is 9. The lowest BCUT2D eigenvalue weighted by molar-refractivity contribution is -0.130. The molecule has 0 unspecified atom stereocenters. The van der Waals surface area contributed by atoms with Crippen LogP contribution in [0.3, 0.4) is 0 Å². The fraction of sp³-hybridized carbons (Fsp3) is 0.478. The van der Waals surface area contributed by atoms with Crippen molar-refractivity contribution in [1.29, 1.82) is 0 Å². The summed E-state index contributed by atoms with van der Waals surface area (Å²) in [5, 5.41) is 0. The first-order valence-corrected chi connectivity index (χ1v) is 11.5. The summed E-state index contributed by atoms with van der Waals surface area (Å²) in [6.07, 6.45) is 9.52. The van der Waals surface area contributed by atoms with Gasteiger partial charge in [-0.05, 0) is 49.4 Å². The van der Waals surface area contributed by atoms with E-state index in [0.717, 1.165) is 49.4 Å². The Balaban J connectivity index is 1.37. The van der Waals surface area contributed by atoms with Crippen LogP contribution in [-0.2, 0) is 16.0 Å². The zero-order chi connectivity index (χ0) is 21.2. The van der Waals surface area contributed by atoms with E-state index < -0.39 is 0 Å². The van der Waals surface area contributed by atoms with Crippen molar-refractivity contribution in [1.82, 2.24) is 19.8 Å². The summed E-state index contributed by atoms with van der Waals surface area (Å²) in [5.74, 6) is 1.20. The van der Waals surface area contributed by atoms with Crippen LogP contribution in [0.4, 0.5) is 0 Å². The van der Waals surface area contributed by atoms with E-state index >= 15 is 0 Å². The third kappa shape index (κ3) is 7.13. The maximum absolute atomic E-state index is 12.6. The Morgan fingerprint density at radius 2 is 2.03 bits per heavy atom. The number of piperidine rings is 1. The molecule has 1 aliphatic heterocycles. The van der Waals surface area contributed by atoms with Gasteiger partial charge in [-0.1, -0.05) is 6.07 Å². The van der Waals surface area contributed by atoms with Crippen molar-refractivity contribution < 1.29 is 9.59 Å². The average molecular weight is 427 g/mol. The quantitative estimate of drug-likeness (QED) is 0.576. The molecule has 7 heteroatoms. The minimum atomic E-state index is 0.169. The van der Waals surface area contributed by atoms with Crippen molar-refractivity contribution in [3.63, 3.8) is 0 Å². The Labute approximate surface area is 183 Å². The second-order valence-electron chi connectivity index (χ2n) is 7.74. The predicted molar refractivity (Wildman–Crippen MR) is 119 cm³/mol. The molecule has 0 aromatic carbocycles. The van der Waals surface area contributed by atoms with Crippen molar-refractivity contribution in [2.24, 2.45) is 5.92 Å². The molecule has 3 heterocycles. The SMILES string of the molecule is CN(CCc1ccccn1)C(=O)CC[C@H]1CCCN(C(=O)CSc2ccncc2)C1. The first-order chi connectivity index (χ1) is 14.6. The minimum absolute atomic E-state index is 0.169. The Hall–Kier alpha value is -2.41. The Morgan fingerprint density at radius 1 is 1.20 bits per heavy atom. The van der Waals surface area contributed by atoms with Crippen LogP contribution in [-0.4, -0.2) is 64.0 Å². The van der Waals surface area contributed by atoms with Gasteiger partial charge in [-0.2, -0.15) is 0 Å². The zero-order valence-corrected chi connectivity index (χ0v) is 18.4. The first-order valence-electron chi connectivity index (χ1n) is 10.6. The van der Waals surface area contributed by atoms with Gasteiger partial charge in [0.05, 0.1) is 5.75 Å². The lowest BCUT2D eigenvalue weighted by Gasteiger charge is -2.33. The van der Waals surface area contributed by atoms with Crippen molar-refractivity contribution in [3.05, 3.63) is 54.6 Å². The molecule has 2 aromatic heterocycles. The van der Waals surface area contributed by atoms with Crippen LogP contribution < -0.4 is 0 Å². The number of carbonyl (C=O) groups is 2. The van der Waals surface area contributed by atoms with E-state index in [-0.39, 0.29) is 11.8 Å². The van der Waals surface area contributed by atoms with Gasteiger partial charge in [-0.25, -0.2) is 0 Å². The number of amides is 2. The average Bonchev–Trinajstić information content (AvgIpc) is 2.81. The molecule has 3 rings (SSSR count). The highest BCUT2D eigenvalue weighted by molar-refractivity contribution is 8.00. The smallest absolute Gasteiger partial charge is 0.232 e. The Morgan fingerprint density at radius 3 is 2.80 bits per heavy atom. The maximum Gasteiger partial charge on any atom is 0.232 e. The van der Waals surface area contributed by atoms with E-state index in [2.05, 4.69) is 9.97 Å². The van der Waals surface area contributed by atoms with E-state index in [1.54, 1.807) is 35.3 Å². The lowest BCUT2D eigenvalue weighted by atomic mass is 9.93. The highest BCUT2D eigenvalue weighted by atomic mass is 32.2. The van der Waals surface area contributed by atoms with Gasteiger partial charge in [0.15, 0.2) is 0 Å². The summed E-state index contributed by atoms with van der Waals surface area (Å²) >= 11 is 1.55. The van der Waals surface area contributed by atoms with Crippen molar-refractivity contribution in [2.45, 2.75) is 37.0 Å². The van der Waals surface area contributed by atoms with Gasteiger partial charge in [0.1, 0.15) is 0 Å². The van der Waals surface area contributed by atoms with Gasteiger partial charge in [0.2, 0.25) is 11.8 Å². The summed E-state index contributed by atoms with van der Waals surface area (Å²) in [6.45, 7) is 2.27. The normalized spacial score (nSPS) is 16.3. The van der Waals surface area contributed by atoms with Gasteiger partial charge >= 0.3 is 0 Å². The van der Waals surface area contributed by atoms with E-state index in [1.165, 1.54) is 0 Å². The molecule has 0 spiro atoms. The minimum Gasteiger partial charge on any atom is -0.345 e. The summed E-state index contributed by atoms with van der Waals surface area (Å²) < 4.78 is 0. The summed E-state index contributed by atoms with van der Waals surface area (Å²) in [7, 11) is 1.86. The Kier molecular flexibility index (Phi) is 8.68. The zero-order valence-electron chi connectivity index (χ0n) is 17.6. The molecule has 6 nitrogen and oxygen atoms in total. The second kappa shape index (κ2) is 11.7. The number of carbonyl (C=O) groups excluding carboxylic acids is 2. The van der Waals surface area contributed by atoms with Gasteiger partial charge < -0.3 is 9.80 Å². The molecule has 160 valence electrons. The van der Waals surface area contributed by atoms with Gasteiger partial charge in [-0.15, -0.1) is 11.8 Å². The van der Waals surface area contributed by atoms with Gasteiger partial charge in [0, 0.05) is 68.7 Å². The number of thioether (sulfide) groups is 1. The summed E-state index contributed by atoms with van der Waals surface area (Å²) in [6, 6.07) is 9.70. The lowest BCUT2D eigenvalue weighted by Crippen LogP contribution is -2.41. The molecule has 30 heavy (non-hydrogen) atoms. The maximum atomic E-state index is 12.6. The van der Waals surface area contributed by atoms with E-state index in [0.29, 0.717) is 24.6 Å². The number of likely N-dealkylation sites (N-methyl/N-ethyl adjacent to an activating group) is 1. The molecular weight excluding hydrogens is 396 g/mol. The molecule has 1 saturated heterocycles. The van der Waals surface area contributed by atoms with E-state index in [4.69, 9.17) is 0 Å². The van der Waals surface area contributed by atoms with E-state index in [9.17, 15) is 9.59 Å². The largest absolute Gasteiger partial charge is 0.345 e. The molecule has 2 amide bonds. The molecular formula is C23H30N4O2S. The predicted octanol–water partition coefficient (Wildman–Crippen LogP) is 3.29. The number of likely N-dealkylation sites (tertiary alicyclic amines) is 1. The summed E-state index contributed by atoms with van der Waals surface area (Å²) in [5.41, 5.74) is 1.00. The fourth-order valence-electron chi connectivity index (χ4n) is 3.67. The van der Waals surface area contributed by atoms with Crippen LogP contribution in [0, 0.1) is 5.92 Å². The standard InChI is InChI=1S/C23H30N4O2S/c1-26(16-11-20-6-2-3-12-25-20)22(28)8-7-19-5-4-15-27(17-19)23(29)18-30-21-9-13-24-14-10-21/h2-3,6,9-10,12-14,19H,4-5,7-8,11,15-18H2,1H3/t19-/m1/s1. The first kappa shape index (κ1) is 22.3. The number of pyridine rings is 2. The van der Waals surface area contributed by atoms with Crippen molar-refractivity contribution in [3.8, 4) is 0 Å². The second-order valence-corrected chi connectivity index (χ2v) is 8.79. The molecule has 0 radical (unpaired) electrons. The number of aromatic nitrogens is 2. The van der Waals surface area contributed by atoms with Crippen molar-refractivity contribution in [2.75, 3.05) is 32.4 Å². The topological polar surface area (TPSA) is 66.4 Å². The third-order valence-corrected chi connectivity index (χ3v) is 6.50. The monoisotopic (exact) mass is 426 g/mol. The van der Waals surface area contributed by atoms with Crippen LogP contribution in [0.5, 0.6) is 0 Å². The molecule has 2 aromatic rings. The van der Waals surface area contributed by atoms with Crippen molar-refractivity contribution >= 4 is 23.6 Å². The molecule has 1 atom stereocenters. The fourth-order valence-corrected chi connectivity index (χ4v) is 4.46. The molecule has 0 aliphatic carbocycles. The van der Waals surface area contributed by atoms with Crippen LogP contribution >= 0.6 is 11.8 Å². The molecule has 1 aliphatic rings. The molecule has 0 N–H and O–H groups in total. The highest BCUT2D eigenvalue weighted by Crippen LogP contribution is 2.23. The van der Waals surface area contributed by atoms with E-state index in [1.807, 2.05) is 42.3 Å². The van der Waals surface area contributed by atoms with Crippen LogP contribution in [0.2, 0.25) is 0 Å². The van der Waals surface area contributed by atoms with Crippen LogP contribution in [0.25, 0.3) is 0 Å². The van der Waals surface area contributed by atoms with Crippen LogP contribution in [0.15, 0.2) is 53.8 Å². The number of hydrogen-bond acceptors (Lipinski definition) is 5. The molecule has 0 saturated carbocycles. The highest BCUT2D eigenvalue weighted by Gasteiger charge is 2.24.